The fourth-order valence-electron chi connectivity index (χ4n) is 21.0. The third-order valence-electron chi connectivity index (χ3n) is 28.6. The van der Waals surface area contributed by atoms with Crippen molar-refractivity contribution in [3.63, 3.8) is 0 Å². The van der Waals surface area contributed by atoms with Gasteiger partial charge in [0, 0.05) is 39.2 Å². The van der Waals surface area contributed by atoms with Gasteiger partial charge >= 0.3 is 0 Å². The maximum Gasteiger partial charge on any atom is 0.247 e. The molecule has 0 radical (unpaired) electrons. The minimum Gasteiger partial charge on any atom is -0.0911 e. The van der Waals surface area contributed by atoms with Crippen LogP contribution in [0.5, 0.6) is 0 Å². The summed E-state index contributed by atoms with van der Waals surface area (Å²) in [5, 5.41) is 10.2. The van der Waals surface area contributed by atoms with Crippen molar-refractivity contribution in [3.05, 3.63) is 373 Å². The van der Waals surface area contributed by atoms with Crippen LogP contribution in [0.1, 0.15) is 184 Å². The van der Waals surface area contributed by atoms with E-state index in [0.717, 1.165) is 0 Å². The molecule has 4 aliphatic heterocycles. The average Bonchev–Trinajstić information content (AvgIpc) is 0.711. The summed E-state index contributed by atoms with van der Waals surface area (Å²) in [5.74, 6) is 0. The second-order valence-electron chi connectivity index (χ2n) is 45.2. The van der Waals surface area contributed by atoms with Crippen LogP contribution in [0.2, 0.25) is 0 Å². The van der Waals surface area contributed by atoms with Crippen molar-refractivity contribution in [1.29, 1.82) is 0 Å². The minimum atomic E-state index is -0.0177. The van der Waals surface area contributed by atoms with E-state index in [1.807, 2.05) is 47.0 Å². The zero-order valence-corrected chi connectivity index (χ0v) is 84.8. The first kappa shape index (κ1) is 89.1. The van der Waals surface area contributed by atoms with Crippen LogP contribution in [-0.4, -0.2) is 13.4 Å². The molecule has 0 nitrogen and oxygen atoms in total. The summed E-state index contributed by atoms with van der Waals surface area (Å²) in [6.45, 7) is 49.4. The van der Waals surface area contributed by atoms with Crippen LogP contribution in [0.15, 0.2) is 373 Å². The SMILES string of the molecule is CC(C)(C)c1cc(-c2cc(-c3cc4c5c(c3)Sc3ccc(C(C)(C)C)cc3B5c3cc(C(C)(C)C)ccc3S4)cc(-c3c4ccccc4c(-c4ccccc4)c4ccccc34)c2)cc(C(C)(C)C)c1.CC(C)(C)c1cccc(-c2cc(-c3cc4c5c(c3)Sc3ccc(C(C)(C)C)cc3B5c3cc(C(C)(C)C)ccc3S4)cc(-c3c4ccccc4c(-c4ccccc4)c4ccccc34)c2)c1. The summed E-state index contributed by atoms with van der Waals surface area (Å²) >= 11 is 7.84. The Kier molecular flexibility index (Phi) is 22.1. The maximum absolute atomic E-state index is 2.53. The zero-order chi connectivity index (χ0) is 93.4. The summed E-state index contributed by atoms with van der Waals surface area (Å²) in [7, 11) is 0. The second-order valence-corrected chi connectivity index (χ2v) is 49.5. The minimum absolute atomic E-state index is 0.0177. The van der Waals surface area contributed by atoms with Crippen molar-refractivity contribution in [2.24, 2.45) is 0 Å². The molecule has 0 amide bonds. The Morgan fingerprint density at radius 3 is 0.627 bits per heavy atom. The van der Waals surface area contributed by atoms with Crippen LogP contribution in [0.25, 0.3) is 132 Å². The average molecular weight is 1810 g/mol. The van der Waals surface area contributed by atoms with Gasteiger partial charge < -0.3 is 0 Å². The van der Waals surface area contributed by atoms with Crippen LogP contribution in [0, 0.1) is 0 Å². The van der Waals surface area contributed by atoms with E-state index in [9.17, 15) is 0 Å². The van der Waals surface area contributed by atoms with Crippen LogP contribution in [-0.2, 0) is 37.9 Å². The van der Waals surface area contributed by atoms with Gasteiger partial charge in [0.15, 0.2) is 0 Å². The van der Waals surface area contributed by atoms with E-state index in [0.29, 0.717) is 0 Å². The van der Waals surface area contributed by atoms with Crippen LogP contribution in [0.3, 0.4) is 0 Å². The lowest BCUT2D eigenvalue weighted by Crippen LogP contribution is -2.58. The molecule has 0 N–H and O–H groups in total. The Balaban J connectivity index is 0.000000161. The third kappa shape index (κ3) is 16.4. The molecule has 18 aromatic rings. The number of hydrogen-bond acceptors (Lipinski definition) is 4. The molecule has 0 fully saturated rings. The van der Waals surface area contributed by atoms with Crippen LogP contribution >= 0.6 is 47.0 Å². The standard InChI is InChI=1S/C66H63BS2.C62H55BS2/c1-63(2,3)46-26-28-56-54(38-46)67-55-39-47(64(4,5)6)27-29-57(55)69-59-36-44(35-58(68-56)62(59)67)42-30-41(43-33-48(65(7,8)9)37-49(34-43)66(10,11)12)31-45(32-42)61-52-24-18-16-22-50(52)60(40-20-14-13-15-21-40)51-23-17-19-25-53(51)61;1-60(2,3)44-21-17-20-39(33-44)40-30-41(32-43(31-40)58-49-24-15-13-22-47(49)57(38-18-11-10-12-19-38)48-23-14-16-25-50(48)58)42-34-55-59-56(35-42)65-54-29-27-46(62(7,8)9)37-52(54)63(59)51-36-45(61(4,5)6)26-28-53(51)64-55/h13-39H,1-12H3;10-37H,1-9H3. The first-order chi connectivity index (χ1) is 63.8. The fraction of sp³-hybridized carbons (Fsp3) is 0.219. The molecule has 18 aromatic carbocycles. The normalized spacial score (nSPS) is 13.6. The Morgan fingerprint density at radius 2 is 0.358 bits per heavy atom. The van der Waals surface area contributed by atoms with Crippen molar-refractivity contribution in [2.75, 3.05) is 0 Å². The van der Waals surface area contributed by atoms with Gasteiger partial charge in [0.1, 0.15) is 0 Å². The fourth-order valence-corrected chi connectivity index (χ4v) is 25.8. The molecule has 0 aromatic heterocycles. The predicted molar refractivity (Wildman–Crippen MR) is 589 cm³/mol. The highest BCUT2D eigenvalue weighted by Crippen LogP contribution is 2.53. The molecule has 4 heterocycles. The van der Waals surface area contributed by atoms with E-state index in [1.54, 1.807) is 0 Å². The van der Waals surface area contributed by atoms with E-state index >= 15 is 0 Å². The molecule has 0 bridgehead atoms. The molecular weight excluding hydrogens is 1690 g/mol. The van der Waals surface area contributed by atoms with Gasteiger partial charge in [0.2, 0.25) is 13.4 Å². The molecule has 660 valence electrons. The first-order valence-electron chi connectivity index (χ1n) is 48.0. The van der Waals surface area contributed by atoms with Crippen molar-refractivity contribution in [3.8, 4) is 89.0 Å². The summed E-state index contributed by atoms with van der Waals surface area (Å²) < 4.78 is 0. The zero-order valence-electron chi connectivity index (χ0n) is 81.5. The van der Waals surface area contributed by atoms with Gasteiger partial charge in [-0.2, -0.15) is 0 Å². The maximum atomic E-state index is 2.53. The third-order valence-corrected chi connectivity index (χ3v) is 33.2. The first-order valence-corrected chi connectivity index (χ1v) is 51.3. The lowest BCUT2D eigenvalue weighted by molar-refractivity contribution is 0.569. The summed E-state index contributed by atoms with van der Waals surface area (Å²) in [6, 6.07) is 129. The highest BCUT2D eigenvalue weighted by Gasteiger charge is 2.43. The van der Waals surface area contributed by atoms with Gasteiger partial charge in [-0.1, -0.05) is 463 Å². The van der Waals surface area contributed by atoms with Gasteiger partial charge in [-0.25, -0.2) is 0 Å². The Labute approximate surface area is 813 Å². The predicted octanol–water partition coefficient (Wildman–Crippen LogP) is 33.3. The topological polar surface area (TPSA) is 0 Å². The highest BCUT2D eigenvalue weighted by atomic mass is 32.2. The second kappa shape index (κ2) is 33.2. The highest BCUT2D eigenvalue weighted by molar-refractivity contribution is 8.02. The monoisotopic (exact) mass is 1800 g/mol. The largest absolute Gasteiger partial charge is 0.247 e. The van der Waals surface area contributed by atoms with E-state index in [-0.39, 0.29) is 51.3 Å². The quantitative estimate of drug-likeness (QED) is 0.110. The van der Waals surface area contributed by atoms with Crippen LogP contribution < -0.4 is 32.8 Å². The molecule has 0 unspecified atom stereocenters. The lowest BCUT2D eigenvalue weighted by Gasteiger charge is -2.35. The summed E-state index contributed by atoms with van der Waals surface area (Å²) in [6.07, 6.45) is 0. The van der Waals surface area contributed by atoms with Gasteiger partial charge in [-0.05, 0) is 305 Å². The van der Waals surface area contributed by atoms with Crippen molar-refractivity contribution in [1.82, 2.24) is 0 Å². The van der Waals surface area contributed by atoms with Crippen molar-refractivity contribution < 1.29 is 0 Å². The summed E-state index contributed by atoms with van der Waals surface area (Å²) in [5.41, 5.74) is 38.5. The molecule has 0 atom stereocenters. The van der Waals surface area contributed by atoms with E-state index in [2.05, 4.69) is 479 Å². The number of fused-ring (bicyclic) bond motifs is 12. The molecule has 6 heteroatoms. The van der Waals surface area contributed by atoms with E-state index in [1.165, 1.54) is 243 Å². The molecular formula is C128H118B2S4. The van der Waals surface area contributed by atoms with E-state index < -0.39 is 0 Å². The number of hydrogen-bond donors (Lipinski definition) is 0. The number of rotatable bonds is 8. The molecule has 0 saturated heterocycles. The van der Waals surface area contributed by atoms with E-state index in [4.69, 9.17) is 0 Å². The lowest BCUT2D eigenvalue weighted by atomic mass is 9.36. The molecule has 134 heavy (non-hydrogen) atoms. The van der Waals surface area contributed by atoms with Gasteiger partial charge in [0.05, 0.1) is 0 Å². The Bertz CT molecular complexity index is 7510. The molecule has 4 aliphatic rings. The molecule has 0 saturated carbocycles. The Morgan fingerprint density at radius 1 is 0.149 bits per heavy atom. The summed E-state index contributed by atoms with van der Waals surface area (Å²) in [4.78, 5) is 10.9. The smallest absolute Gasteiger partial charge is 0.0911 e. The van der Waals surface area contributed by atoms with Gasteiger partial charge in [-0.15, -0.1) is 0 Å². The molecule has 22 rings (SSSR count). The molecule has 0 aliphatic carbocycles. The van der Waals surface area contributed by atoms with Crippen LogP contribution in [0.4, 0.5) is 0 Å². The Hall–Kier alpha value is -11.5. The molecule has 0 spiro atoms. The van der Waals surface area contributed by atoms with Gasteiger partial charge in [0.25, 0.3) is 0 Å². The number of benzene rings is 18. The van der Waals surface area contributed by atoms with Crippen molar-refractivity contribution >= 4 is 136 Å². The van der Waals surface area contributed by atoms with Crippen molar-refractivity contribution in [2.45, 2.75) is 222 Å². The van der Waals surface area contributed by atoms with Gasteiger partial charge in [-0.3, -0.25) is 0 Å².